The van der Waals surface area contributed by atoms with Crippen molar-refractivity contribution in [1.29, 1.82) is 0 Å². The van der Waals surface area contributed by atoms with Crippen molar-refractivity contribution < 1.29 is 29.0 Å². The topological polar surface area (TPSA) is 105 Å². The smallest absolute Gasteiger partial charge is 0.410 e. The van der Waals surface area contributed by atoms with Crippen LogP contribution in [0.2, 0.25) is 0 Å². The molecule has 2 aliphatic carbocycles. The average Bonchev–Trinajstić information content (AvgIpc) is 3.52. The summed E-state index contributed by atoms with van der Waals surface area (Å²) in [5.41, 5.74) is 3.98. The Balaban J connectivity index is 1.33. The number of carboxylic acids is 1. The zero-order chi connectivity index (χ0) is 29.1. The normalized spacial score (nSPS) is 18.2. The molecule has 5 rings (SSSR count). The molecule has 0 radical (unpaired) electrons. The largest absolute Gasteiger partial charge is 0.477 e. The fourth-order valence-electron chi connectivity index (χ4n) is 5.82. The minimum atomic E-state index is -0.992. The monoisotopic (exact) mass is 576 g/mol. The third-order valence-electron chi connectivity index (χ3n) is 7.58. The number of hydrogen-bond donors (Lipinski definition) is 2. The Morgan fingerprint density at radius 2 is 1.63 bits per heavy atom. The van der Waals surface area contributed by atoms with Gasteiger partial charge in [-0.2, -0.15) is 0 Å². The first-order valence-corrected chi connectivity index (χ1v) is 14.8. The second-order valence-corrected chi connectivity index (χ2v) is 12.8. The number of benzene rings is 2. The van der Waals surface area contributed by atoms with Crippen molar-refractivity contribution in [1.82, 2.24) is 10.2 Å². The number of fused-ring (bicyclic) bond motifs is 3. The number of nitrogens with zero attached hydrogens (tertiary/aromatic N) is 1. The van der Waals surface area contributed by atoms with Gasteiger partial charge in [0.1, 0.15) is 17.1 Å². The lowest BCUT2D eigenvalue weighted by atomic mass is 9.90. The molecule has 2 N–H and O–H groups in total. The molecule has 2 aromatic carbocycles. The molecule has 216 valence electrons. The number of aromatic carboxylic acids is 1. The Kier molecular flexibility index (Phi) is 8.35. The molecule has 8 nitrogen and oxygen atoms in total. The third-order valence-corrected chi connectivity index (χ3v) is 8.64. The quantitative estimate of drug-likeness (QED) is 0.313. The van der Waals surface area contributed by atoms with E-state index in [-0.39, 0.29) is 36.0 Å². The van der Waals surface area contributed by atoms with E-state index in [1.807, 2.05) is 45.0 Å². The molecule has 1 fully saturated rings. The van der Waals surface area contributed by atoms with Gasteiger partial charge >= 0.3 is 18.2 Å². The van der Waals surface area contributed by atoms with Gasteiger partial charge in [0, 0.05) is 22.9 Å². The summed E-state index contributed by atoms with van der Waals surface area (Å²) in [5, 5.41) is 12.4. The second-order valence-electron chi connectivity index (χ2n) is 11.7. The second kappa shape index (κ2) is 11.9. The number of rotatable bonds is 7. The molecule has 0 aliphatic heterocycles. The van der Waals surface area contributed by atoms with Gasteiger partial charge in [0.15, 0.2) is 0 Å². The molecule has 9 heteroatoms. The van der Waals surface area contributed by atoms with Crippen molar-refractivity contribution in [3.05, 3.63) is 81.5 Å². The molecular formula is C32H36N2O6S. The molecule has 1 saturated carbocycles. The first kappa shape index (κ1) is 28.7. The van der Waals surface area contributed by atoms with Gasteiger partial charge in [-0.25, -0.2) is 14.4 Å². The lowest BCUT2D eigenvalue weighted by molar-refractivity contribution is 0.0450. The zero-order valence-electron chi connectivity index (χ0n) is 23.6. The van der Waals surface area contributed by atoms with E-state index in [2.05, 4.69) is 29.6 Å². The van der Waals surface area contributed by atoms with Crippen LogP contribution in [0.3, 0.4) is 0 Å². The van der Waals surface area contributed by atoms with Crippen molar-refractivity contribution in [2.45, 2.75) is 76.6 Å². The predicted octanol–water partition coefficient (Wildman–Crippen LogP) is 7.03. The number of carbonyl (C=O) groups is 3. The molecule has 0 spiro atoms. The molecule has 2 atom stereocenters. The van der Waals surface area contributed by atoms with E-state index < -0.39 is 23.8 Å². The summed E-state index contributed by atoms with van der Waals surface area (Å²) in [6.07, 6.45) is 2.01. The number of hydrogen-bond acceptors (Lipinski definition) is 6. The fraction of sp³-hybridized carbons (Fsp3) is 0.406. The van der Waals surface area contributed by atoms with Crippen LogP contribution in [0.25, 0.3) is 11.1 Å². The van der Waals surface area contributed by atoms with Crippen LogP contribution in [0, 0.1) is 0 Å². The standard InChI is InChI=1S/C32H36N2O6S/c1-32(2,3)40-30(37)33-20-9-8-10-21(17-20)34(18-22-15-16-28(41-22)29(35)36)31(38)39-19-27-25-13-6-4-11-23(25)24-12-5-7-14-26(24)27/h4-7,11-16,20-21,27H,8-10,17-19H2,1-3H3,(H,33,37)(H,35,36)/t20-,21-/m1/s1. The van der Waals surface area contributed by atoms with Crippen LogP contribution < -0.4 is 5.32 Å². The summed E-state index contributed by atoms with van der Waals surface area (Å²) in [6, 6.07) is 19.4. The molecule has 1 heterocycles. The fourth-order valence-corrected chi connectivity index (χ4v) is 6.66. The molecular weight excluding hydrogens is 540 g/mol. The minimum Gasteiger partial charge on any atom is -0.477 e. The summed E-state index contributed by atoms with van der Waals surface area (Å²) in [4.78, 5) is 40.4. The maximum atomic E-state index is 13.8. The van der Waals surface area contributed by atoms with Crippen LogP contribution in [0.1, 0.15) is 78.0 Å². The van der Waals surface area contributed by atoms with Crippen LogP contribution in [-0.2, 0) is 16.0 Å². The Morgan fingerprint density at radius 1 is 0.976 bits per heavy atom. The Labute approximate surface area is 244 Å². The summed E-state index contributed by atoms with van der Waals surface area (Å²) < 4.78 is 11.5. The van der Waals surface area contributed by atoms with Crippen molar-refractivity contribution in [2.24, 2.45) is 0 Å². The maximum absolute atomic E-state index is 13.8. The van der Waals surface area contributed by atoms with Crippen LogP contribution in [0.4, 0.5) is 9.59 Å². The van der Waals surface area contributed by atoms with E-state index in [0.717, 1.165) is 57.7 Å². The van der Waals surface area contributed by atoms with Gasteiger partial charge in [-0.3, -0.25) is 0 Å². The highest BCUT2D eigenvalue weighted by Gasteiger charge is 2.34. The molecule has 3 aromatic rings. The van der Waals surface area contributed by atoms with Crippen molar-refractivity contribution in [2.75, 3.05) is 6.61 Å². The van der Waals surface area contributed by atoms with E-state index in [1.54, 1.807) is 17.0 Å². The highest BCUT2D eigenvalue weighted by atomic mass is 32.1. The van der Waals surface area contributed by atoms with Gasteiger partial charge in [0.05, 0.1) is 6.54 Å². The van der Waals surface area contributed by atoms with E-state index >= 15 is 0 Å². The highest BCUT2D eigenvalue weighted by Crippen LogP contribution is 2.44. The summed E-state index contributed by atoms with van der Waals surface area (Å²) in [7, 11) is 0. The van der Waals surface area contributed by atoms with Gasteiger partial charge < -0.3 is 24.8 Å². The first-order chi connectivity index (χ1) is 19.6. The predicted molar refractivity (Wildman–Crippen MR) is 157 cm³/mol. The number of alkyl carbamates (subject to hydrolysis) is 1. The lowest BCUT2D eigenvalue weighted by Gasteiger charge is -2.37. The first-order valence-electron chi connectivity index (χ1n) is 14.0. The van der Waals surface area contributed by atoms with E-state index in [4.69, 9.17) is 9.47 Å². The lowest BCUT2D eigenvalue weighted by Crippen LogP contribution is -2.48. The van der Waals surface area contributed by atoms with E-state index in [9.17, 15) is 19.5 Å². The Hall–Kier alpha value is -3.85. The molecule has 1 aromatic heterocycles. The molecule has 0 unspecified atom stereocenters. The summed E-state index contributed by atoms with van der Waals surface area (Å²) in [5.74, 6) is -1.06. The van der Waals surface area contributed by atoms with Crippen LogP contribution in [0.5, 0.6) is 0 Å². The van der Waals surface area contributed by atoms with Gasteiger partial charge in [0.2, 0.25) is 0 Å². The number of thiophene rings is 1. The SMILES string of the molecule is CC(C)(C)OC(=O)N[C@@H]1CCC[C@@H](N(Cc2ccc(C(=O)O)s2)C(=O)OCC2c3ccccc3-c3ccccc32)C1. The van der Waals surface area contributed by atoms with Crippen LogP contribution >= 0.6 is 11.3 Å². The zero-order valence-corrected chi connectivity index (χ0v) is 24.4. The number of carbonyl (C=O) groups excluding carboxylic acids is 2. The average molecular weight is 577 g/mol. The van der Waals surface area contributed by atoms with E-state index in [1.165, 1.54) is 0 Å². The summed E-state index contributed by atoms with van der Waals surface area (Å²) in [6.45, 7) is 5.89. The summed E-state index contributed by atoms with van der Waals surface area (Å²) >= 11 is 1.15. The van der Waals surface area contributed by atoms with Crippen molar-refractivity contribution in [3.63, 3.8) is 0 Å². The van der Waals surface area contributed by atoms with Crippen LogP contribution in [-0.4, -0.2) is 52.5 Å². The number of amides is 2. The van der Waals surface area contributed by atoms with E-state index in [0.29, 0.717) is 6.42 Å². The molecule has 0 saturated heterocycles. The maximum Gasteiger partial charge on any atom is 0.410 e. The third kappa shape index (κ3) is 6.73. The molecule has 2 aliphatic rings. The van der Waals surface area contributed by atoms with Crippen molar-refractivity contribution in [3.8, 4) is 11.1 Å². The highest BCUT2D eigenvalue weighted by molar-refractivity contribution is 7.13. The number of nitrogens with one attached hydrogen (secondary N) is 1. The minimum absolute atomic E-state index is 0.0681. The van der Waals surface area contributed by atoms with Crippen molar-refractivity contribution >= 4 is 29.5 Å². The van der Waals surface area contributed by atoms with Gasteiger partial charge in [-0.15, -0.1) is 11.3 Å². The molecule has 0 bridgehead atoms. The van der Waals surface area contributed by atoms with Gasteiger partial charge in [0.25, 0.3) is 0 Å². The van der Waals surface area contributed by atoms with Gasteiger partial charge in [-0.05, 0) is 80.8 Å². The Morgan fingerprint density at radius 3 is 2.24 bits per heavy atom. The van der Waals surface area contributed by atoms with Gasteiger partial charge in [-0.1, -0.05) is 48.5 Å². The number of carboxylic acid groups (broad SMARTS) is 1. The molecule has 2 amide bonds. The number of ether oxygens (including phenoxy) is 2. The Bertz CT molecular complexity index is 1380. The van der Waals surface area contributed by atoms with Crippen LogP contribution in [0.15, 0.2) is 60.7 Å². The molecule has 41 heavy (non-hydrogen) atoms.